The van der Waals surface area contributed by atoms with Gasteiger partial charge in [0.05, 0.1) is 18.1 Å². The van der Waals surface area contributed by atoms with Crippen molar-refractivity contribution in [3.63, 3.8) is 0 Å². The van der Waals surface area contributed by atoms with Crippen molar-refractivity contribution in [3.8, 4) is 17.1 Å². The quantitative estimate of drug-likeness (QED) is 0.777. The Balaban J connectivity index is 1.98. The number of aromatic nitrogens is 2. The van der Waals surface area contributed by atoms with Gasteiger partial charge in [0.2, 0.25) is 11.7 Å². The van der Waals surface area contributed by atoms with Crippen molar-refractivity contribution in [2.24, 2.45) is 5.73 Å². The van der Waals surface area contributed by atoms with Gasteiger partial charge in [-0.25, -0.2) is 4.39 Å². The van der Waals surface area contributed by atoms with E-state index < -0.39 is 35.3 Å². The minimum atomic E-state index is -4.81. The molecule has 11 heteroatoms. The summed E-state index contributed by atoms with van der Waals surface area (Å²) in [6.07, 6.45) is -4.81. The van der Waals surface area contributed by atoms with Gasteiger partial charge in [0.15, 0.2) is 0 Å². The Hall–Kier alpha value is -2.69. The Morgan fingerprint density at radius 2 is 2.00 bits per heavy atom. The molecule has 1 aromatic heterocycles. The van der Waals surface area contributed by atoms with Gasteiger partial charge in [-0.3, -0.25) is 4.79 Å². The topological polar surface area (TPSA) is 94.5 Å². The van der Waals surface area contributed by atoms with Crippen LogP contribution in [0.2, 0.25) is 0 Å². The molecule has 0 spiro atoms. The molecule has 1 aliphatic rings. The summed E-state index contributed by atoms with van der Waals surface area (Å²) in [4.78, 5) is 17.2. The zero-order valence-corrected chi connectivity index (χ0v) is 15.3. The predicted molar refractivity (Wildman–Crippen MR) is 88.5 cm³/mol. The van der Waals surface area contributed by atoms with Gasteiger partial charge in [0, 0.05) is 11.1 Å². The monoisotopic (exact) mass is 402 g/mol. The molecule has 0 saturated carbocycles. The minimum Gasteiger partial charge on any atom is -0.491 e. The van der Waals surface area contributed by atoms with E-state index in [1.54, 1.807) is 20.8 Å². The van der Waals surface area contributed by atoms with Crippen LogP contribution in [0.1, 0.15) is 32.2 Å². The molecule has 1 atom stereocenters. The van der Waals surface area contributed by atoms with Crippen molar-refractivity contribution in [2.75, 3.05) is 6.61 Å². The summed E-state index contributed by atoms with van der Waals surface area (Å²) in [6, 6.07) is 1.89. The number of nitrogens with zero attached hydrogens (tertiary/aromatic N) is 3. The van der Waals surface area contributed by atoms with Crippen molar-refractivity contribution < 1.29 is 31.6 Å². The molecule has 0 aliphatic carbocycles. The maximum Gasteiger partial charge on any atom is 0.471 e. The van der Waals surface area contributed by atoms with Crippen LogP contribution < -0.4 is 10.5 Å². The average Bonchev–Trinajstić information content (AvgIpc) is 3.01. The van der Waals surface area contributed by atoms with Gasteiger partial charge in [0.1, 0.15) is 18.2 Å². The highest BCUT2D eigenvalue weighted by Gasteiger charge is 2.39. The lowest BCUT2D eigenvalue weighted by molar-refractivity contribution is -0.159. The summed E-state index contributed by atoms with van der Waals surface area (Å²) in [5, 5.41) is 3.25. The molecule has 2 heterocycles. The summed E-state index contributed by atoms with van der Waals surface area (Å²) >= 11 is 0. The molecule has 152 valence electrons. The van der Waals surface area contributed by atoms with Gasteiger partial charge in [-0.15, -0.1) is 0 Å². The van der Waals surface area contributed by atoms with Crippen LogP contribution in [0, 0.1) is 5.82 Å². The number of ether oxygens (including phenoxy) is 1. The van der Waals surface area contributed by atoms with Crippen LogP contribution in [0.25, 0.3) is 11.4 Å². The van der Waals surface area contributed by atoms with Crippen LogP contribution in [0.3, 0.4) is 0 Å². The fourth-order valence-corrected chi connectivity index (χ4v) is 2.75. The zero-order chi connectivity index (χ0) is 20.9. The number of benzene rings is 1. The highest BCUT2D eigenvalue weighted by Crippen LogP contribution is 2.34. The largest absolute Gasteiger partial charge is 0.491 e. The first-order chi connectivity index (χ1) is 12.9. The standard InChI is InChI=1S/C17H18F4N4O3/c1-8-7-27-12-5-9(13-23-14(28-24-13)17(19,20)21)4-11(18)10(12)6-25(8)15(26)16(2,3)22/h4-5,8H,6-7,22H2,1-3H3/t8-/m1/s1. The van der Waals surface area contributed by atoms with E-state index in [4.69, 9.17) is 10.5 Å². The molecule has 7 nitrogen and oxygen atoms in total. The number of hydrogen-bond donors (Lipinski definition) is 1. The van der Waals surface area contributed by atoms with E-state index in [1.165, 1.54) is 11.0 Å². The number of carbonyl (C=O) groups excluding carboxylic acids is 1. The number of halogens is 4. The average molecular weight is 402 g/mol. The number of fused-ring (bicyclic) bond motifs is 1. The maximum atomic E-state index is 14.7. The van der Waals surface area contributed by atoms with Crippen LogP contribution in [0.4, 0.5) is 17.6 Å². The van der Waals surface area contributed by atoms with Gasteiger partial charge in [-0.05, 0) is 32.9 Å². The van der Waals surface area contributed by atoms with E-state index in [9.17, 15) is 22.4 Å². The van der Waals surface area contributed by atoms with Gasteiger partial charge in [0.25, 0.3) is 0 Å². The number of amides is 1. The van der Waals surface area contributed by atoms with E-state index in [0.29, 0.717) is 0 Å². The van der Waals surface area contributed by atoms with Crippen molar-refractivity contribution in [3.05, 3.63) is 29.4 Å². The first-order valence-electron chi connectivity index (χ1n) is 8.34. The normalized spacial score (nSPS) is 17.7. The smallest absolute Gasteiger partial charge is 0.471 e. The summed E-state index contributed by atoms with van der Waals surface area (Å²) in [5.74, 6) is -3.02. The molecule has 1 amide bonds. The molecule has 2 N–H and O–H groups in total. The van der Waals surface area contributed by atoms with Crippen molar-refractivity contribution >= 4 is 5.91 Å². The van der Waals surface area contributed by atoms with Crippen molar-refractivity contribution in [1.82, 2.24) is 15.0 Å². The zero-order valence-electron chi connectivity index (χ0n) is 15.3. The summed E-state index contributed by atoms with van der Waals surface area (Å²) in [7, 11) is 0. The van der Waals surface area contributed by atoms with Gasteiger partial charge in [-0.2, -0.15) is 18.2 Å². The Morgan fingerprint density at radius 1 is 1.32 bits per heavy atom. The Labute approximate surface area is 157 Å². The lowest BCUT2D eigenvalue weighted by Crippen LogP contribution is -2.54. The molecule has 1 aliphatic heterocycles. The second kappa shape index (κ2) is 6.73. The molecule has 0 bridgehead atoms. The van der Waals surface area contributed by atoms with E-state index in [1.807, 2.05) is 0 Å². The number of alkyl halides is 3. The molecule has 0 fully saturated rings. The van der Waals surface area contributed by atoms with Gasteiger partial charge < -0.3 is 19.9 Å². The number of rotatable bonds is 2. The second-order valence-electron chi connectivity index (χ2n) is 7.17. The molecule has 3 rings (SSSR count). The van der Waals surface area contributed by atoms with Crippen LogP contribution >= 0.6 is 0 Å². The Kier molecular flexibility index (Phi) is 4.82. The molecular weight excluding hydrogens is 384 g/mol. The third-order valence-corrected chi connectivity index (χ3v) is 4.23. The Morgan fingerprint density at radius 3 is 2.57 bits per heavy atom. The molecule has 2 aromatic rings. The number of nitrogens with two attached hydrogens (primary N) is 1. The molecule has 0 radical (unpaired) electrons. The van der Waals surface area contributed by atoms with Crippen molar-refractivity contribution in [2.45, 2.75) is 45.1 Å². The lowest BCUT2D eigenvalue weighted by atomic mass is 10.0. The van der Waals surface area contributed by atoms with Gasteiger partial charge in [-0.1, -0.05) is 5.16 Å². The Bertz CT molecular complexity index is 905. The highest BCUT2D eigenvalue weighted by molar-refractivity contribution is 5.85. The highest BCUT2D eigenvalue weighted by atomic mass is 19.4. The van der Waals surface area contributed by atoms with Crippen LogP contribution in [-0.4, -0.2) is 39.1 Å². The summed E-state index contributed by atoms with van der Waals surface area (Å²) < 4.78 is 62.4. The summed E-state index contributed by atoms with van der Waals surface area (Å²) in [6.45, 7) is 4.77. The molecule has 0 saturated heterocycles. The second-order valence-corrected chi connectivity index (χ2v) is 7.17. The first-order valence-corrected chi connectivity index (χ1v) is 8.34. The predicted octanol–water partition coefficient (Wildman–Crippen LogP) is 2.74. The van der Waals surface area contributed by atoms with E-state index in [0.717, 1.165) is 6.07 Å². The summed E-state index contributed by atoms with van der Waals surface area (Å²) in [5.41, 5.74) is 4.76. The van der Waals surface area contributed by atoms with E-state index >= 15 is 0 Å². The van der Waals surface area contributed by atoms with E-state index in [2.05, 4.69) is 14.7 Å². The third kappa shape index (κ3) is 3.79. The molecule has 0 unspecified atom stereocenters. The fraction of sp³-hybridized carbons (Fsp3) is 0.471. The van der Waals surface area contributed by atoms with Crippen LogP contribution in [0.15, 0.2) is 16.7 Å². The number of hydrogen-bond acceptors (Lipinski definition) is 6. The minimum absolute atomic E-state index is 0.0397. The number of carbonyl (C=O) groups is 1. The van der Waals surface area contributed by atoms with E-state index in [-0.39, 0.29) is 35.9 Å². The van der Waals surface area contributed by atoms with Gasteiger partial charge >= 0.3 is 12.1 Å². The molecular formula is C17H18F4N4O3. The lowest BCUT2D eigenvalue weighted by Gasteiger charge is -2.32. The fourth-order valence-electron chi connectivity index (χ4n) is 2.75. The molecule has 28 heavy (non-hydrogen) atoms. The first kappa shape index (κ1) is 20.1. The van der Waals surface area contributed by atoms with Crippen molar-refractivity contribution in [1.29, 1.82) is 0 Å². The van der Waals surface area contributed by atoms with Crippen LogP contribution in [0.5, 0.6) is 5.75 Å². The maximum absolute atomic E-state index is 14.7. The third-order valence-electron chi connectivity index (χ3n) is 4.23. The SMILES string of the molecule is C[C@@H]1COc2cc(-c3noc(C(F)(F)F)n3)cc(F)c2CN1C(=O)C(C)(C)N. The van der Waals surface area contributed by atoms with Crippen LogP contribution in [-0.2, 0) is 17.5 Å². The molecule has 1 aromatic carbocycles.